The standard InChI is InChI=1S/C10H21BO8P2/c1-3-18-21(15,16)19-9-7(4-5-20(12,13)14)6-8(11)10(9)17-2/h4-5,7-10H,3,6,11H2,1-2H3,(H,15,16)(H2,12,13,14)/b5-4+/t7-,8+,9+,10-/m0/s1. The second-order valence-electron chi connectivity index (χ2n) is 4.96. The highest BCUT2D eigenvalue weighted by molar-refractivity contribution is 7.55. The number of phosphoric acid groups is 1. The van der Waals surface area contributed by atoms with Crippen LogP contribution in [-0.4, -0.2) is 48.5 Å². The summed E-state index contributed by atoms with van der Waals surface area (Å²) in [6, 6.07) is 0. The van der Waals surface area contributed by atoms with Gasteiger partial charge in [0.25, 0.3) is 0 Å². The van der Waals surface area contributed by atoms with Crippen molar-refractivity contribution in [3.05, 3.63) is 11.9 Å². The molecule has 1 fully saturated rings. The van der Waals surface area contributed by atoms with Crippen LogP contribution in [0.1, 0.15) is 13.3 Å². The number of phosphoric ester groups is 1. The Labute approximate surface area is 124 Å². The van der Waals surface area contributed by atoms with Gasteiger partial charge in [0, 0.05) is 18.8 Å². The van der Waals surface area contributed by atoms with Crippen LogP contribution in [0.3, 0.4) is 0 Å². The molecule has 122 valence electrons. The van der Waals surface area contributed by atoms with E-state index < -0.39 is 33.5 Å². The van der Waals surface area contributed by atoms with Crippen molar-refractivity contribution in [2.45, 2.75) is 31.4 Å². The van der Waals surface area contributed by atoms with Crippen molar-refractivity contribution < 1.29 is 37.6 Å². The van der Waals surface area contributed by atoms with Crippen molar-refractivity contribution in [2.24, 2.45) is 5.92 Å². The molecule has 0 bridgehead atoms. The zero-order chi connectivity index (χ0) is 16.3. The average molecular weight is 342 g/mol. The van der Waals surface area contributed by atoms with E-state index in [1.165, 1.54) is 13.2 Å². The molecule has 0 saturated heterocycles. The Balaban J connectivity index is 2.93. The predicted molar refractivity (Wildman–Crippen MR) is 78.7 cm³/mol. The fourth-order valence-electron chi connectivity index (χ4n) is 2.53. The third-order valence-corrected chi connectivity index (χ3v) is 4.95. The summed E-state index contributed by atoms with van der Waals surface area (Å²) < 4.78 is 37.8. The van der Waals surface area contributed by atoms with Crippen LogP contribution in [-0.2, 0) is 22.9 Å². The zero-order valence-electron chi connectivity index (χ0n) is 12.2. The summed E-state index contributed by atoms with van der Waals surface area (Å²) in [7, 11) is -5.20. The molecular formula is C10H21BO8P2. The van der Waals surface area contributed by atoms with E-state index in [9.17, 15) is 14.0 Å². The second kappa shape index (κ2) is 7.53. The van der Waals surface area contributed by atoms with Crippen molar-refractivity contribution in [3.63, 3.8) is 0 Å². The molecule has 1 rings (SSSR count). The lowest BCUT2D eigenvalue weighted by Crippen LogP contribution is -2.30. The highest BCUT2D eigenvalue weighted by atomic mass is 31.2. The van der Waals surface area contributed by atoms with Crippen LogP contribution >= 0.6 is 15.4 Å². The van der Waals surface area contributed by atoms with E-state index in [4.69, 9.17) is 19.0 Å². The van der Waals surface area contributed by atoms with Crippen LogP contribution in [0, 0.1) is 5.92 Å². The first-order valence-corrected chi connectivity index (χ1v) is 9.70. The first-order chi connectivity index (χ1) is 9.59. The average Bonchev–Trinajstić information content (AvgIpc) is 2.60. The van der Waals surface area contributed by atoms with Gasteiger partial charge in [0.2, 0.25) is 0 Å². The van der Waals surface area contributed by atoms with Crippen LogP contribution in [0.4, 0.5) is 0 Å². The molecule has 21 heavy (non-hydrogen) atoms. The second-order valence-corrected chi connectivity index (χ2v) is 7.85. The Morgan fingerprint density at radius 2 is 1.90 bits per heavy atom. The van der Waals surface area contributed by atoms with E-state index in [2.05, 4.69) is 4.52 Å². The lowest BCUT2D eigenvalue weighted by molar-refractivity contribution is -0.00588. The number of hydrogen-bond donors (Lipinski definition) is 3. The quantitative estimate of drug-likeness (QED) is 0.455. The highest BCUT2D eigenvalue weighted by Gasteiger charge is 2.45. The van der Waals surface area contributed by atoms with Crippen molar-refractivity contribution >= 4 is 23.3 Å². The summed E-state index contributed by atoms with van der Waals surface area (Å²) in [5.41, 5.74) is 0. The number of ether oxygens (including phenoxy) is 1. The predicted octanol–water partition coefficient (Wildman–Crippen LogP) is 0.656. The maximum Gasteiger partial charge on any atom is 0.472 e. The smallest absolute Gasteiger partial charge is 0.379 e. The number of hydrogen-bond acceptors (Lipinski definition) is 5. The molecule has 0 radical (unpaired) electrons. The van der Waals surface area contributed by atoms with Gasteiger partial charge in [-0.15, -0.1) is 0 Å². The molecule has 1 aliphatic carbocycles. The summed E-state index contributed by atoms with van der Waals surface area (Å²) in [6.07, 6.45) is 0.561. The van der Waals surface area contributed by atoms with E-state index in [0.717, 1.165) is 5.82 Å². The Bertz CT molecular complexity index is 464. The number of methoxy groups -OCH3 is 1. The van der Waals surface area contributed by atoms with Gasteiger partial charge >= 0.3 is 15.4 Å². The van der Waals surface area contributed by atoms with Gasteiger partial charge < -0.3 is 19.4 Å². The molecule has 11 heteroatoms. The summed E-state index contributed by atoms with van der Waals surface area (Å²) in [4.78, 5) is 27.4. The molecule has 0 aliphatic heterocycles. The zero-order valence-corrected chi connectivity index (χ0v) is 13.9. The van der Waals surface area contributed by atoms with Crippen LogP contribution in [0.25, 0.3) is 0 Å². The molecule has 0 spiro atoms. The van der Waals surface area contributed by atoms with Gasteiger partial charge in [-0.2, -0.15) is 0 Å². The third-order valence-electron chi connectivity index (χ3n) is 3.30. The van der Waals surface area contributed by atoms with E-state index >= 15 is 0 Å². The first-order valence-electron chi connectivity index (χ1n) is 6.52. The van der Waals surface area contributed by atoms with Gasteiger partial charge in [-0.1, -0.05) is 6.08 Å². The molecule has 1 saturated carbocycles. The normalized spacial score (nSPS) is 33.4. The molecule has 0 aromatic carbocycles. The first kappa shape index (κ1) is 19.1. The van der Waals surface area contributed by atoms with Crippen LogP contribution in [0.5, 0.6) is 0 Å². The van der Waals surface area contributed by atoms with Crippen molar-refractivity contribution in [3.8, 4) is 0 Å². The molecule has 0 aromatic heterocycles. The van der Waals surface area contributed by atoms with Gasteiger partial charge in [-0.25, -0.2) is 4.57 Å². The Morgan fingerprint density at radius 1 is 1.29 bits per heavy atom. The Hall–Kier alpha value is 0.0249. The van der Waals surface area contributed by atoms with Crippen LogP contribution in [0.2, 0.25) is 5.82 Å². The fourth-order valence-corrected chi connectivity index (χ4v) is 3.94. The molecule has 1 unspecified atom stereocenters. The van der Waals surface area contributed by atoms with Gasteiger partial charge in [0.05, 0.1) is 12.7 Å². The fraction of sp³-hybridized carbons (Fsp3) is 0.800. The van der Waals surface area contributed by atoms with Gasteiger partial charge in [0.1, 0.15) is 14.0 Å². The van der Waals surface area contributed by atoms with Crippen molar-refractivity contribution in [1.29, 1.82) is 0 Å². The minimum atomic E-state index is -4.30. The molecular weight excluding hydrogens is 321 g/mol. The van der Waals surface area contributed by atoms with E-state index in [-0.39, 0.29) is 12.4 Å². The van der Waals surface area contributed by atoms with Crippen LogP contribution in [0.15, 0.2) is 11.9 Å². The van der Waals surface area contributed by atoms with Gasteiger partial charge in [-0.05, 0) is 19.2 Å². The minimum absolute atomic E-state index is 0.00745. The topological polar surface area (TPSA) is 123 Å². The molecule has 8 nitrogen and oxygen atoms in total. The highest BCUT2D eigenvalue weighted by Crippen LogP contribution is 2.51. The molecule has 5 atom stereocenters. The minimum Gasteiger partial charge on any atom is -0.379 e. The molecule has 0 amide bonds. The molecule has 0 aromatic rings. The summed E-state index contributed by atoms with van der Waals surface area (Å²) in [5, 5.41) is 0. The largest absolute Gasteiger partial charge is 0.472 e. The van der Waals surface area contributed by atoms with Gasteiger partial charge in [0.15, 0.2) is 0 Å². The lowest BCUT2D eigenvalue weighted by Gasteiger charge is -2.25. The third kappa shape index (κ3) is 5.97. The Kier molecular flexibility index (Phi) is 6.84. The maximum absolute atomic E-state index is 11.8. The molecule has 1 aliphatic rings. The van der Waals surface area contributed by atoms with E-state index in [1.807, 2.05) is 7.85 Å². The van der Waals surface area contributed by atoms with Crippen LogP contribution < -0.4 is 0 Å². The maximum atomic E-state index is 11.8. The van der Waals surface area contributed by atoms with E-state index in [1.54, 1.807) is 6.92 Å². The summed E-state index contributed by atoms with van der Waals surface area (Å²) in [6.45, 7) is 1.57. The SMILES string of the molecule is B[C@@H]1C[C@H](/C=C/P(=O)(O)O)[C@@H](OP(=O)(O)OCC)[C@H]1OC. The van der Waals surface area contributed by atoms with Crippen molar-refractivity contribution in [1.82, 2.24) is 0 Å². The summed E-state index contributed by atoms with van der Waals surface area (Å²) in [5.74, 6) is 0.341. The molecule has 3 N–H and O–H groups in total. The lowest BCUT2D eigenvalue weighted by atomic mass is 9.83. The van der Waals surface area contributed by atoms with Crippen molar-refractivity contribution in [2.75, 3.05) is 13.7 Å². The van der Waals surface area contributed by atoms with Gasteiger partial charge in [-0.3, -0.25) is 13.6 Å². The summed E-state index contributed by atoms with van der Waals surface area (Å²) >= 11 is 0. The molecule has 0 heterocycles. The monoisotopic (exact) mass is 342 g/mol. The Morgan fingerprint density at radius 3 is 2.38 bits per heavy atom. The van der Waals surface area contributed by atoms with E-state index in [0.29, 0.717) is 6.42 Å². The number of rotatable bonds is 7.